The van der Waals surface area contributed by atoms with Gasteiger partial charge in [0.1, 0.15) is 18.8 Å². The summed E-state index contributed by atoms with van der Waals surface area (Å²) >= 11 is 0. The van der Waals surface area contributed by atoms with Crippen molar-refractivity contribution in [2.45, 2.75) is 76.3 Å². The smallest absolute Gasteiger partial charge is 0.410 e. The lowest BCUT2D eigenvalue weighted by Crippen LogP contribution is -2.72. The third-order valence-electron chi connectivity index (χ3n) is 7.04. The lowest BCUT2D eigenvalue weighted by Gasteiger charge is -2.51. The fraction of sp³-hybridized carbons (Fsp3) is 0.667. The van der Waals surface area contributed by atoms with E-state index in [1.807, 2.05) is 51.1 Å². The number of rotatable bonds is 5. The monoisotopic (exact) mass is 517 g/mol. The fourth-order valence-corrected chi connectivity index (χ4v) is 5.21. The average molecular weight is 518 g/mol. The first-order chi connectivity index (χ1) is 17.7. The van der Waals surface area contributed by atoms with Gasteiger partial charge >= 0.3 is 12.2 Å². The van der Waals surface area contributed by atoms with Gasteiger partial charge in [-0.3, -0.25) is 4.79 Å². The van der Waals surface area contributed by atoms with Crippen molar-refractivity contribution in [1.29, 1.82) is 0 Å². The molecule has 10 heteroatoms. The fourth-order valence-electron chi connectivity index (χ4n) is 5.21. The Balaban J connectivity index is 1.34. The van der Waals surface area contributed by atoms with Gasteiger partial charge in [-0.05, 0) is 52.0 Å². The molecule has 0 aliphatic carbocycles. The molecule has 3 aliphatic heterocycles. The molecule has 10 nitrogen and oxygen atoms in total. The zero-order valence-corrected chi connectivity index (χ0v) is 22.1. The van der Waals surface area contributed by atoms with Crippen LogP contribution in [0.4, 0.5) is 9.59 Å². The van der Waals surface area contributed by atoms with Crippen LogP contribution in [0.15, 0.2) is 30.3 Å². The van der Waals surface area contributed by atoms with Gasteiger partial charge in [-0.15, -0.1) is 0 Å². The predicted octanol–water partition coefficient (Wildman–Crippen LogP) is 3.09. The van der Waals surface area contributed by atoms with Crippen molar-refractivity contribution in [3.05, 3.63) is 35.9 Å². The van der Waals surface area contributed by atoms with E-state index in [0.717, 1.165) is 12.0 Å². The molecule has 3 fully saturated rings. The zero-order chi connectivity index (χ0) is 26.5. The Kier molecular flexibility index (Phi) is 8.59. The Bertz CT molecular complexity index is 939. The van der Waals surface area contributed by atoms with E-state index in [2.05, 4.69) is 5.32 Å². The van der Waals surface area contributed by atoms with Crippen molar-refractivity contribution in [3.63, 3.8) is 0 Å². The van der Waals surface area contributed by atoms with Gasteiger partial charge in [0.05, 0.1) is 30.9 Å². The molecule has 1 aromatic rings. The van der Waals surface area contributed by atoms with E-state index >= 15 is 0 Å². The molecule has 3 aliphatic rings. The number of hydrogen-bond acceptors (Lipinski definition) is 7. The Labute approximate surface area is 218 Å². The molecule has 3 amide bonds. The number of likely N-dealkylation sites (tertiary alicyclic amines) is 2. The number of amides is 3. The van der Waals surface area contributed by atoms with E-state index in [1.54, 1.807) is 9.80 Å². The summed E-state index contributed by atoms with van der Waals surface area (Å²) in [5, 5.41) is 3.10. The number of carbonyl (C=O) groups excluding carboxylic acids is 3. The molecule has 4 rings (SSSR count). The third-order valence-corrected chi connectivity index (χ3v) is 7.04. The standard InChI is InChI=1S/C27H39N3O7/c1-26(2,3)37-25(33)30-13-7-12-27(19-34-18-23(31)28-27)22(30)17-35-21-10-14-29(15-11-21)24(32)36-16-20-8-5-4-6-9-20/h4-6,8-9,21-22H,7,10-19H2,1-3H3,(H,28,31)/t22-,27+/m0/s1. The highest BCUT2D eigenvalue weighted by atomic mass is 16.6. The highest BCUT2D eigenvalue weighted by Gasteiger charge is 2.50. The molecule has 1 spiro atoms. The van der Waals surface area contributed by atoms with Gasteiger partial charge in [0, 0.05) is 19.6 Å². The van der Waals surface area contributed by atoms with E-state index in [0.29, 0.717) is 45.5 Å². The maximum Gasteiger partial charge on any atom is 0.410 e. The quantitative estimate of drug-likeness (QED) is 0.640. The molecule has 1 aromatic carbocycles. The third kappa shape index (κ3) is 7.13. The summed E-state index contributed by atoms with van der Waals surface area (Å²) in [4.78, 5) is 41.3. The van der Waals surface area contributed by atoms with Gasteiger partial charge in [0.2, 0.25) is 5.91 Å². The molecule has 204 valence electrons. The van der Waals surface area contributed by atoms with Crippen molar-refractivity contribution >= 4 is 18.1 Å². The Morgan fingerprint density at radius 1 is 1.11 bits per heavy atom. The number of carbonyl (C=O) groups is 3. The molecule has 0 saturated carbocycles. The van der Waals surface area contributed by atoms with Gasteiger partial charge in [-0.1, -0.05) is 30.3 Å². The summed E-state index contributed by atoms with van der Waals surface area (Å²) in [5.74, 6) is -0.190. The van der Waals surface area contributed by atoms with Crippen LogP contribution in [0.2, 0.25) is 0 Å². The molecule has 0 radical (unpaired) electrons. The van der Waals surface area contributed by atoms with Crippen LogP contribution in [-0.2, 0) is 30.3 Å². The number of nitrogens with one attached hydrogen (secondary N) is 1. The largest absolute Gasteiger partial charge is 0.445 e. The van der Waals surface area contributed by atoms with E-state index in [1.165, 1.54) is 0 Å². The molecule has 3 saturated heterocycles. The maximum atomic E-state index is 13.1. The molecule has 37 heavy (non-hydrogen) atoms. The first-order valence-electron chi connectivity index (χ1n) is 13.1. The Morgan fingerprint density at radius 2 is 1.84 bits per heavy atom. The van der Waals surface area contributed by atoms with Gasteiger partial charge in [0.25, 0.3) is 0 Å². The first-order valence-corrected chi connectivity index (χ1v) is 13.1. The number of nitrogens with zero attached hydrogens (tertiary/aromatic N) is 2. The van der Waals surface area contributed by atoms with E-state index in [-0.39, 0.29) is 37.9 Å². The predicted molar refractivity (Wildman–Crippen MR) is 135 cm³/mol. The van der Waals surface area contributed by atoms with Crippen LogP contribution in [0.1, 0.15) is 52.0 Å². The van der Waals surface area contributed by atoms with Crippen molar-refractivity contribution in [2.75, 3.05) is 39.5 Å². The molecule has 0 unspecified atom stereocenters. The average Bonchev–Trinajstić information content (AvgIpc) is 2.86. The Hall–Kier alpha value is -2.85. The molecular weight excluding hydrogens is 478 g/mol. The molecule has 0 aromatic heterocycles. The van der Waals surface area contributed by atoms with Gasteiger partial charge < -0.3 is 34.1 Å². The summed E-state index contributed by atoms with van der Waals surface area (Å²) in [6.45, 7) is 7.90. The maximum absolute atomic E-state index is 13.1. The van der Waals surface area contributed by atoms with Gasteiger partial charge in [-0.2, -0.15) is 0 Å². The highest BCUT2D eigenvalue weighted by molar-refractivity contribution is 5.79. The van der Waals surface area contributed by atoms with E-state index in [9.17, 15) is 14.4 Å². The second kappa shape index (κ2) is 11.7. The van der Waals surface area contributed by atoms with Crippen LogP contribution in [0, 0.1) is 0 Å². The topological polar surface area (TPSA) is 107 Å². The molecule has 2 atom stereocenters. The molecule has 0 bridgehead atoms. The summed E-state index contributed by atoms with van der Waals surface area (Å²) in [7, 11) is 0. The lowest BCUT2D eigenvalue weighted by molar-refractivity contribution is -0.144. The number of hydrogen-bond donors (Lipinski definition) is 1. The minimum atomic E-state index is -0.716. The highest BCUT2D eigenvalue weighted by Crippen LogP contribution is 2.32. The summed E-state index contributed by atoms with van der Waals surface area (Å²) < 4.78 is 23.1. The second-order valence-electron chi connectivity index (χ2n) is 11.1. The van der Waals surface area contributed by atoms with Crippen LogP contribution in [0.25, 0.3) is 0 Å². The number of ether oxygens (including phenoxy) is 4. The van der Waals surface area contributed by atoms with E-state index in [4.69, 9.17) is 18.9 Å². The summed E-state index contributed by atoms with van der Waals surface area (Å²) in [6.07, 6.45) is 1.92. The summed E-state index contributed by atoms with van der Waals surface area (Å²) in [6, 6.07) is 9.17. The molecule has 3 heterocycles. The van der Waals surface area contributed by atoms with E-state index < -0.39 is 23.3 Å². The Morgan fingerprint density at radius 3 is 2.51 bits per heavy atom. The number of morpholine rings is 1. The van der Waals surface area contributed by atoms with Gasteiger partial charge in [0.15, 0.2) is 0 Å². The number of piperidine rings is 2. The number of benzene rings is 1. The minimum absolute atomic E-state index is 0.0145. The second-order valence-corrected chi connectivity index (χ2v) is 11.1. The van der Waals surface area contributed by atoms with Gasteiger partial charge in [-0.25, -0.2) is 9.59 Å². The summed E-state index contributed by atoms with van der Waals surface area (Å²) in [5.41, 5.74) is -0.405. The van der Waals surface area contributed by atoms with Crippen LogP contribution in [-0.4, -0.2) is 90.6 Å². The van der Waals surface area contributed by atoms with Crippen molar-refractivity contribution in [1.82, 2.24) is 15.1 Å². The minimum Gasteiger partial charge on any atom is -0.445 e. The lowest BCUT2D eigenvalue weighted by atomic mass is 9.81. The van der Waals surface area contributed by atoms with Crippen molar-refractivity contribution in [2.24, 2.45) is 0 Å². The zero-order valence-electron chi connectivity index (χ0n) is 22.1. The van der Waals surface area contributed by atoms with Crippen molar-refractivity contribution in [3.8, 4) is 0 Å². The van der Waals surface area contributed by atoms with Crippen LogP contribution >= 0.6 is 0 Å². The molecular formula is C27H39N3O7. The normalized spacial score (nSPS) is 25.1. The van der Waals surface area contributed by atoms with Crippen LogP contribution in [0.3, 0.4) is 0 Å². The SMILES string of the molecule is CC(C)(C)OC(=O)N1CCC[C@@]2(COCC(=O)N2)[C@@H]1COC1CCN(C(=O)OCc2ccccc2)CC1. The van der Waals surface area contributed by atoms with Crippen LogP contribution < -0.4 is 5.32 Å². The van der Waals surface area contributed by atoms with Crippen LogP contribution in [0.5, 0.6) is 0 Å². The molecule has 1 N–H and O–H groups in total. The van der Waals surface area contributed by atoms with Crippen molar-refractivity contribution < 1.29 is 33.3 Å². The first kappa shape index (κ1) is 27.2.